The fourth-order valence-corrected chi connectivity index (χ4v) is 4.79. The molecular weight excluding hydrogens is 392 g/mol. The van der Waals surface area contributed by atoms with Crippen molar-refractivity contribution in [2.75, 3.05) is 26.3 Å². The van der Waals surface area contributed by atoms with E-state index in [1.165, 1.54) is 5.56 Å². The lowest BCUT2D eigenvalue weighted by molar-refractivity contribution is 0.00907. The molecule has 2 aliphatic heterocycles. The molecule has 0 bridgehead atoms. The van der Waals surface area contributed by atoms with Crippen LogP contribution >= 0.6 is 0 Å². The largest absolute Gasteiger partial charge is 0.420 e. The molecule has 160 valence electrons. The van der Waals surface area contributed by atoms with Crippen molar-refractivity contribution in [1.29, 1.82) is 0 Å². The van der Waals surface area contributed by atoms with E-state index in [0.717, 1.165) is 24.0 Å². The van der Waals surface area contributed by atoms with Gasteiger partial charge >= 0.3 is 0 Å². The van der Waals surface area contributed by atoms with E-state index in [-0.39, 0.29) is 17.2 Å². The van der Waals surface area contributed by atoms with Gasteiger partial charge in [-0.3, -0.25) is 9.78 Å². The maximum Gasteiger partial charge on any atom is 0.255 e. The van der Waals surface area contributed by atoms with Gasteiger partial charge in [-0.05, 0) is 50.5 Å². The lowest BCUT2D eigenvalue weighted by Gasteiger charge is -2.36. The van der Waals surface area contributed by atoms with Crippen LogP contribution in [-0.4, -0.2) is 52.3 Å². The molecule has 5 rings (SSSR count). The summed E-state index contributed by atoms with van der Waals surface area (Å²) >= 11 is 0. The molecule has 2 aromatic heterocycles. The molecule has 3 aromatic rings. The molecule has 2 saturated heterocycles. The van der Waals surface area contributed by atoms with Gasteiger partial charge in [0.2, 0.25) is 11.8 Å². The number of amides is 1. The zero-order valence-electron chi connectivity index (χ0n) is 17.9. The van der Waals surface area contributed by atoms with Gasteiger partial charge in [-0.25, -0.2) is 0 Å². The second kappa shape index (κ2) is 7.89. The van der Waals surface area contributed by atoms with Gasteiger partial charge in [0.1, 0.15) is 0 Å². The average molecular weight is 418 g/mol. The molecule has 0 radical (unpaired) electrons. The van der Waals surface area contributed by atoms with Crippen LogP contribution < -0.4 is 0 Å². The average Bonchev–Trinajstić information content (AvgIpc) is 3.40. The molecule has 1 atom stereocenters. The van der Waals surface area contributed by atoms with Crippen LogP contribution in [0.2, 0.25) is 0 Å². The van der Waals surface area contributed by atoms with Gasteiger partial charge in [-0.1, -0.05) is 17.7 Å². The van der Waals surface area contributed by atoms with Crippen LogP contribution in [-0.2, 0) is 4.74 Å². The third-order valence-electron chi connectivity index (χ3n) is 6.73. The highest BCUT2D eigenvalue weighted by molar-refractivity contribution is 5.95. The fraction of sp³-hybridized carbons (Fsp3) is 0.417. The quantitative estimate of drug-likeness (QED) is 0.644. The second-order valence-electron chi connectivity index (χ2n) is 8.72. The molecule has 0 saturated carbocycles. The predicted octanol–water partition coefficient (Wildman–Crippen LogP) is 3.78. The predicted molar refractivity (Wildman–Crippen MR) is 115 cm³/mol. The molecule has 2 fully saturated rings. The van der Waals surface area contributed by atoms with Crippen molar-refractivity contribution in [3.63, 3.8) is 0 Å². The number of nitrogens with zero attached hydrogens (tertiary/aromatic N) is 4. The molecule has 1 aromatic carbocycles. The van der Waals surface area contributed by atoms with Crippen LogP contribution in [0.1, 0.15) is 46.1 Å². The van der Waals surface area contributed by atoms with Gasteiger partial charge in [0, 0.05) is 49.7 Å². The van der Waals surface area contributed by atoms with Crippen LogP contribution in [0.4, 0.5) is 0 Å². The van der Waals surface area contributed by atoms with Gasteiger partial charge in [-0.2, -0.15) is 0 Å². The first-order valence-electron chi connectivity index (χ1n) is 10.7. The molecule has 2 aliphatic rings. The normalized spacial score (nSPS) is 20.3. The minimum absolute atomic E-state index is 0.0102. The smallest absolute Gasteiger partial charge is 0.255 e. The van der Waals surface area contributed by atoms with E-state index in [9.17, 15) is 4.79 Å². The number of benzene rings is 1. The summed E-state index contributed by atoms with van der Waals surface area (Å²) in [6, 6.07) is 9.92. The number of ether oxygens (including phenoxy) is 1. The minimum Gasteiger partial charge on any atom is -0.420 e. The highest BCUT2D eigenvalue weighted by Gasteiger charge is 2.51. The Bertz CT molecular complexity index is 1090. The Balaban J connectivity index is 1.46. The summed E-state index contributed by atoms with van der Waals surface area (Å²) in [5, 5.41) is 8.74. The Kier molecular flexibility index (Phi) is 5.06. The van der Waals surface area contributed by atoms with E-state index in [1.54, 1.807) is 12.4 Å². The van der Waals surface area contributed by atoms with Gasteiger partial charge in [0.05, 0.1) is 11.5 Å². The highest BCUT2D eigenvalue weighted by atomic mass is 16.5. The molecule has 4 heterocycles. The molecule has 31 heavy (non-hydrogen) atoms. The van der Waals surface area contributed by atoms with Crippen molar-refractivity contribution in [1.82, 2.24) is 20.1 Å². The zero-order chi connectivity index (χ0) is 21.4. The lowest BCUT2D eigenvalue weighted by atomic mass is 9.72. The number of likely N-dealkylation sites (tertiary alicyclic amines) is 1. The van der Waals surface area contributed by atoms with E-state index in [2.05, 4.69) is 15.2 Å². The molecule has 1 spiro atoms. The maximum absolute atomic E-state index is 13.3. The van der Waals surface area contributed by atoms with E-state index < -0.39 is 0 Å². The Morgan fingerprint density at radius 2 is 1.87 bits per heavy atom. The van der Waals surface area contributed by atoms with Crippen molar-refractivity contribution in [2.24, 2.45) is 5.41 Å². The van der Waals surface area contributed by atoms with Crippen LogP contribution in [0.25, 0.3) is 11.5 Å². The summed E-state index contributed by atoms with van der Waals surface area (Å²) in [4.78, 5) is 19.4. The second-order valence-corrected chi connectivity index (χ2v) is 8.72. The number of carbonyl (C=O) groups is 1. The Labute approximate surface area is 181 Å². The lowest BCUT2D eigenvalue weighted by Crippen LogP contribution is -2.37. The Morgan fingerprint density at radius 3 is 2.61 bits per heavy atom. The van der Waals surface area contributed by atoms with Gasteiger partial charge in [0.25, 0.3) is 5.91 Å². The third-order valence-corrected chi connectivity index (χ3v) is 6.73. The summed E-state index contributed by atoms with van der Waals surface area (Å²) in [5.41, 5.74) is 3.56. The van der Waals surface area contributed by atoms with E-state index >= 15 is 0 Å². The summed E-state index contributed by atoms with van der Waals surface area (Å²) in [7, 11) is 0. The Hall–Kier alpha value is -3.06. The summed E-state index contributed by atoms with van der Waals surface area (Å²) in [6.45, 7) is 6.58. The van der Waals surface area contributed by atoms with Crippen LogP contribution in [0.5, 0.6) is 0 Å². The van der Waals surface area contributed by atoms with E-state index in [1.807, 2.05) is 49.1 Å². The molecule has 1 unspecified atom stereocenters. The number of carbonyl (C=O) groups excluding carboxylic acids is 1. The first-order chi connectivity index (χ1) is 15.1. The number of hydrogen-bond acceptors (Lipinski definition) is 6. The molecule has 7 nitrogen and oxygen atoms in total. The van der Waals surface area contributed by atoms with Crippen molar-refractivity contribution >= 4 is 5.91 Å². The Morgan fingerprint density at radius 1 is 1.10 bits per heavy atom. The summed E-state index contributed by atoms with van der Waals surface area (Å²) < 4.78 is 11.8. The van der Waals surface area contributed by atoms with Gasteiger partial charge < -0.3 is 14.1 Å². The molecule has 0 N–H and O–H groups in total. The van der Waals surface area contributed by atoms with Crippen molar-refractivity contribution in [3.8, 4) is 11.5 Å². The summed E-state index contributed by atoms with van der Waals surface area (Å²) in [6.07, 6.45) is 5.11. The minimum atomic E-state index is -0.110. The molecule has 1 amide bonds. The first-order valence-corrected chi connectivity index (χ1v) is 10.7. The topological polar surface area (TPSA) is 81.4 Å². The van der Waals surface area contributed by atoms with Crippen molar-refractivity contribution < 1.29 is 13.9 Å². The van der Waals surface area contributed by atoms with E-state index in [4.69, 9.17) is 9.15 Å². The SMILES string of the molecule is Cc1ccc(-c2nnc(C3CN(C(=O)c4cnccc4C)CC34CCOCC4)o2)cc1. The maximum atomic E-state index is 13.3. The monoisotopic (exact) mass is 418 g/mol. The number of pyridine rings is 1. The fourth-order valence-electron chi connectivity index (χ4n) is 4.79. The van der Waals surface area contributed by atoms with Crippen LogP contribution in [0, 0.1) is 19.3 Å². The third kappa shape index (κ3) is 3.63. The number of aryl methyl sites for hydroxylation is 2. The highest BCUT2D eigenvalue weighted by Crippen LogP contribution is 2.49. The van der Waals surface area contributed by atoms with Crippen molar-refractivity contribution in [2.45, 2.75) is 32.6 Å². The molecule has 7 heteroatoms. The number of rotatable bonds is 3. The standard InChI is InChI=1S/C24H26N4O3/c1-16-3-5-18(6-4-16)21-26-27-22(31-21)20-14-28(15-24(20)8-11-30-12-9-24)23(29)19-13-25-10-7-17(19)2/h3-7,10,13,20H,8-9,11-12,14-15H2,1-2H3. The zero-order valence-corrected chi connectivity index (χ0v) is 17.9. The number of hydrogen-bond donors (Lipinski definition) is 0. The van der Waals surface area contributed by atoms with Crippen molar-refractivity contribution in [3.05, 3.63) is 65.3 Å². The molecular formula is C24H26N4O3. The van der Waals surface area contributed by atoms with Gasteiger partial charge in [-0.15, -0.1) is 10.2 Å². The summed E-state index contributed by atoms with van der Waals surface area (Å²) in [5.74, 6) is 1.13. The number of aromatic nitrogens is 3. The molecule has 0 aliphatic carbocycles. The van der Waals surface area contributed by atoms with Crippen LogP contribution in [0.3, 0.4) is 0 Å². The van der Waals surface area contributed by atoms with E-state index in [0.29, 0.717) is 43.6 Å². The van der Waals surface area contributed by atoms with Crippen LogP contribution in [0.15, 0.2) is 47.1 Å². The van der Waals surface area contributed by atoms with Gasteiger partial charge in [0.15, 0.2) is 0 Å². The first kappa shape index (κ1) is 19.9.